The molecule has 0 spiro atoms. The van der Waals surface area contributed by atoms with Gasteiger partial charge < -0.3 is 0 Å². The fourth-order valence-corrected chi connectivity index (χ4v) is 4.45. The number of nitrogens with one attached hydrogen (secondary N) is 1. The van der Waals surface area contributed by atoms with Crippen LogP contribution in [0, 0.1) is 5.82 Å². The van der Waals surface area contributed by atoms with Crippen LogP contribution in [0.3, 0.4) is 0 Å². The Kier molecular flexibility index (Phi) is 5.24. The lowest BCUT2D eigenvalue weighted by molar-refractivity contribution is 0.598. The number of hydrogen-bond acceptors (Lipinski definition) is 2. The Labute approximate surface area is 138 Å². The van der Waals surface area contributed by atoms with Crippen LogP contribution in [0.5, 0.6) is 0 Å². The van der Waals surface area contributed by atoms with Crippen LogP contribution in [-0.2, 0) is 22.9 Å². The first kappa shape index (κ1) is 17.0. The van der Waals surface area contributed by atoms with Crippen molar-refractivity contribution in [3.8, 4) is 0 Å². The predicted octanol–water partition coefficient (Wildman–Crippen LogP) is 4.51. The lowest BCUT2D eigenvalue weighted by atomic mass is 10.0. The van der Waals surface area contributed by atoms with Crippen molar-refractivity contribution in [2.45, 2.75) is 31.6 Å². The quantitative estimate of drug-likeness (QED) is 0.822. The molecule has 2 rings (SSSR count). The van der Waals surface area contributed by atoms with Crippen molar-refractivity contribution in [3.05, 3.63) is 57.8 Å². The van der Waals surface area contributed by atoms with Gasteiger partial charge in [-0.05, 0) is 58.1 Å². The first-order valence-corrected chi connectivity index (χ1v) is 9.25. The molecule has 0 saturated carbocycles. The zero-order valence-electron chi connectivity index (χ0n) is 12.4. The van der Waals surface area contributed by atoms with E-state index >= 15 is 0 Å². The van der Waals surface area contributed by atoms with Gasteiger partial charge in [0.15, 0.2) is 0 Å². The highest BCUT2D eigenvalue weighted by Crippen LogP contribution is 2.29. The normalized spacial score (nSPS) is 11.5. The summed E-state index contributed by atoms with van der Waals surface area (Å²) in [6, 6.07) is 9.24. The molecular weight excluding hydrogens is 369 g/mol. The van der Waals surface area contributed by atoms with Crippen molar-refractivity contribution in [1.82, 2.24) is 0 Å². The van der Waals surface area contributed by atoms with E-state index in [1.165, 1.54) is 6.07 Å². The van der Waals surface area contributed by atoms with Gasteiger partial charge in [0.25, 0.3) is 10.0 Å². The largest absolute Gasteiger partial charge is 0.279 e. The molecule has 0 bridgehead atoms. The Morgan fingerprint density at radius 3 is 2.18 bits per heavy atom. The lowest BCUT2D eigenvalue weighted by Crippen LogP contribution is -2.16. The molecule has 0 saturated heterocycles. The van der Waals surface area contributed by atoms with E-state index in [-0.39, 0.29) is 9.37 Å². The van der Waals surface area contributed by atoms with E-state index < -0.39 is 15.8 Å². The van der Waals surface area contributed by atoms with Gasteiger partial charge in [0.1, 0.15) is 10.7 Å². The summed E-state index contributed by atoms with van der Waals surface area (Å²) in [6.45, 7) is 3.95. The monoisotopic (exact) mass is 385 g/mol. The van der Waals surface area contributed by atoms with Gasteiger partial charge in [0, 0.05) is 4.47 Å². The Hall–Kier alpha value is -1.40. The van der Waals surface area contributed by atoms with Gasteiger partial charge in [-0.1, -0.05) is 32.0 Å². The lowest BCUT2D eigenvalue weighted by Gasteiger charge is -2.16. The Balaban J connectivity index is 2.49. The number of hydrogen-bond donors (Lipinski definition) is 1. The second kappa shape index (κ2) is 6.79. The van der Waals surface area contributed by atoms with Crippen LogP contribution in [-0.4, -0.2) is 8.42 Å². The first-order chi connectivity index (χ1) is 10.4. The van der Waals surface area contributed by atoms with E-state index in [1.807, 2.05) is 32.0 Å². The smallest absolute Gasteiger partial charge is 0.263 e. The average molecular weight is 386 g/mol. The minimum atomic E-state index is -3.79. The molecule has 2 aromatic rings. The molecule has 0 radical (unpaired) electrons. The summed E-state index contributed by atoms with van der Waals surface area (Å²) in [5.41, 5.74) is 2.48. The highest BCUT2D eigenvalue weighted by Gasteiger charge is 2.20. The van der Waals surface area contributed by atoms with Gasteiger partial charge in [0.05, 0.1) is 5.69 Å². The van der Waals surface area contributed by atoms with Crippen LogP contribution in [0.2, 0.25) is 0 Å². The molecule has 22 heavy (non-hydrogen) atoms. The molecule has 0 aromatic heterocycles. The van der Waals surface area contributed by atoms with Crippen LogP contribution in [0.4, 0.5) is 10.1 Å². The molecule has 1 N–H and O–H groups in total. The molecule has 0 fully saturated rings. The number of sulfonamides is 1. The molecule has 0 aliphatic carbocycles. The van der Waals surface area contributed by atoms with Gasteiger partial charge in [-0.25, -0.2) is 12.8 Å². The van der Waals surface area contributed by atoms with E-state index in [0.29, 0.717) is 5.69 Å². The van der Waals surface area contributed by atoms with E-state index in [9.17, 15) is 12.8 Å². The fraction of sp³-hybridized carbons (Fsp3) is 0.250. The highest BCUT2D eigenvalue weighted by molar-refractivity contribution is 9.10. The van der Waals surface area contributed by atoms with Crippen LogP contribution < -0.4 is 4.72 Å². The van der Waals surface area contributed by atoms with Crippen molar-refractivity contribution in [2.75, 3.05) is 4.72 Å². The zero-order chi connectivity index (χ0) is 16.3. The van der Waals surface area contributed by atoms with E-state index in [4.69, 9.17) is 0 Å². The van der Waals surface area contributed by atoms with Crippen LogP contribution in [0.15, 0.2) is 45.8 Å². The van der Waals surface area contributed by atoms with Gasteiger partial charge in [-0.3, -0.25) is 4.72 Å². The minimum absolute atomic E-state index is 0.0156. The van der Waals surface area contributed by atoms with Crippen molar-refractivity contribution < 1.29 is 12.8 Å². The van der Waals surface area contributed by atoms with Crippen molar-refractivity contribution in [2.24, 2.45) is 0 Å². The van der Waals surface area contributed by atoms with Crippen molar-refractivity contribution in [3.63, 3.8) is 0 Å². The maximum atomic E-state index is 13.2. The number of para-hydroxylation sites is 1. The molecule has 2 aromatic carbocycles. The zero-order valence-corrected chi connectivity index (χ0v) is 14.8. The number of aryl methyl sites for hydroxylation is 2. The number of rotatable bonds is 5. The summed E-state index contributed by atoms with van der Waals surface area (Å²) >= 11 is 3.11. The van der Waals surface area contributed by atoms with Crippen molar-refractivity contribution in [1.29, 1.82) is 0 Å². The Bertz CT molecular complexity index is 768. The third-order valence-corrected chi connectivity index (χ3v) is 5.75. The molecule has 118 valence electrons. The molecular formula is C16H17BrFNO2S. The van der Waals surface area contributed by atoms with Gasteiger partial charge in [-0.2, -0.15) is 0 Å². The second-order valence-electron chi connectivity index (χ2n) is 4.84. The maximum absolute atomic E-state index is 13.2. The Morgan fingerprint density at radius 1 is 1.09 bits per heavy atom. The third kappa shape index (κ3) is 3.50. The van der Waals surface area contributed by atoms with E-state index in [0.717, 1.165) is 36.1 Å². The number of halogens is 2. The summed E-state index contributed by atoms with van der Waals surface area (Å²) in [4.78, 5) is 0.0156. The molecule has 6 heteroatoms. The fourth-order valence-electron chi connectivity index (χ4n) is 2.26. The van der Waals surface area contributed by atoms with Gasteiger partial charge in [-0.15, -0.1) is 0 Å². The minimum Gasteiger partial charge on any atom is -0.279 e. The first-order valence-electron chi connectivity index (χ1n) is 6.97. The summed E-state index contributed by atoms with van der Waals surface area (Å²) in [5.74, 6) is -0.492. The number of anilines is 1. The molecule has 0 aliphatic rings. The van der Waals surface area contributed by atoms with E-state index in [1.54, 1.807) is 0 Å². The maximum Gasteiger partial charge on any atom is 0.263 e. The Morgan fingerprint density at radius 2 is 1.68 bits per heavy atom. The molecule has 0 atom stereocenters. The topological polar surface area (TPSA) is 46.2 Å². The second-order valence-corrected chi connectivity index (χ2v) is 7.34. The van der Waals surface area contributed by atoms with Crippen LogP contribution in [0.1, 0.15) is 25.0 Å². The summed E-state index contributed by atoms with van der Waals surface area (Å²) in [7, 11) is -3.79. The SMILES string of the molecule is CCc1cccc(CC)c1NS(=O)(=O)c1ccc(F)cc1Br. The molecule has 0 amide bonds. The third-order valence-electron chi connectivity index (χ3n) is 3.42. The molecule has 0 aliphatic heterocycles. The van der Waals surface area contributed by atoms with E-state index in [2.05, 4.69) is 20.7 Å². The van der Waals surface area contributed by atoms with Crippen molar-refractivity contribution >= 4 is 31.6 Å². The van der Waals surface area contributed by atoms with Gasteiger partial charge >= 0.3 is 0 Å². The molecule has 0 heterocycles. The van der Waals surface area contributed by atoms with Crippen LogP contribution >= 0.6 is 15.9 Å². The van der Waals surface area contributed by atoms with Gasteiger partial charge in [0.2, 0.25) is 0 Å². The highest BCUT2D eigenvalue weighted by atomic mass is 79.9. The summed E-state index contributed by atoms with van der Waals surface area (Å²) < 4.78 is 41.2. The predicted molar refractivity (Wildman–Crippen MR) is 90.1 cm³/mol. The average Bonchev–Trinajstić information content (AvgIpc) is 2.46. The summed E-state index contributed by atoms with van der Waals surface area (Å²) in [5, 5.41) is 0. The molecule has 3 nitrogen and oxygen atoms in total. The van der Waals surface area contributed by atoms with Crippen LogP contribution in [0.25, 0.3) is 0 Å². The number of benzene rings is 2. The standard InChI is InChI=1S/C16H17BrFNO2S/c1-3-11-6-5-7-12(4-2)16(11)19-22(20,21)15-9-8-13(18)10-14(15)17/h5-10,19H,3-4H2,1-2H3. The molecule has 0 unspecified atom stereocenters. The summed E-state index contributed by atoms with van der Waals surface area (Å²) in [6.07, 6.45) is 1.44.